The van der Waals surface area contributed by atoms with E-state index < -0.39 is 0 Å². The van der Waals surface area contributed by atoms with Gasteiger partial charge in [0, 0.05) is 0 Å². The van der Waals surface area contributed by atoms with Crippen LogP contribution in [0.5, 0.6) is 0 Å². The summed E-state index contributed by atoms with van der Waals surface area (Å²) in [7, 11) is 0. The average Bonchev–Trinajstić information content (AvgIpc) is 2.40. The van der Waals surface area contributed by atoms with Crippen LogP contribution in [0, 0.1) is 5.82 Å². The third kappa shape index (κ3) is 3.67. The van der Waals surface area contributed by atoms with Crippen LogP contribution < -0.4 is 5.32 Å². The van der Waals surface area contributed by atoms with E-state index in [0.29, 0.717) is 5.15 Å². The normalized spacial score (nSPS) is 12.2. The van der Waals surface area contributed by atoms with E-state index in [1.807, 2.05) is 19.1 Å². The number of pyridine rings is 1. The van der Waals surface area contributed by atoms with Crippen LogP contribution in [0.1, 0.15) is 24.9 Å². The van der Waals surface area contributed by atoms with Crippen LogP contribution in [0.2, 0.25) is 5.15 Å². The fourth-order valence-corrected chi connectivity index (χ4v) is 2.30. The van der Waals surface area contributed by atoms with E-state index in [9.17, 15) is 4.39 Å². The second-order valence-electron chi connectivity index (χ2n) is 4.16. The van der Waals surface area contributed by atoms with Gasteiger partial charge in [0.25, 0.3) is 0 Å². The van der Waals surface area contributed by atoms with Crippen LogP contribution in [0.15, 0.2) is 41.0 Å². The Kier molecular flexibility index (Phi) is 4.77. The second kappa shape index (κ2) is 6.35. The molecule has 0 aliphatic heterocycles. The van der Waals surface area contributed by atoms with Gasteiger partial charge in [-0.3, -0.25) is 0 Å². The predicted molar refractivity (Wildman–Crippen MR) is 80.0 cm³/mol. The molecule has 1 N–H and O–H groups in total. The Morgan fingerprint density at radius 2 is 2.21 bits per heavy atom. The minimum Gasteiger partial charge on any atom is -0.377 e. The highest BCUT2D eigenvalue weighted by Gasteiger charge is 2.11. The topological polar surface area (TPSA) is 24.9 Å². The third-order valence-corrected chi connectivity index (χ3v) is 3.93. The lowest BCUT2D eigenvalue weighted by Gasteiger charge is -2.19. The molecule has 0 saturated heterocycles. The van der Waals surface area contributed by atoms with Gasteiger partial charge in [-0.15, -0.1) is 0 Å². The third-order valence-electron chi connectivity index (χ3n) is 2.80. The standard InChI is InChI=1S/C14H13BrClFN2/c1-2-13(9-4-3-5-10(17)6-9)19-11-7-12(15)14(16)18-8-11/h3-8,13,19H,2H2,1H3. The van der Waals surface area contributed by atoms with Crippen molar-refractivity contribution in [3.63, 3.8) is 0 Å². The van der Waals surface area contributed by atoms with Crippen LogP contribution in [0.4, 0.5) is 10.1 Å². The molecule has 1 unspecified atom stereocenters. The maximum atomic E-state index is 13.3. The van der Waals surface area contributed by atoms with Gasteiger partial charge in [0.05, 0.1) is 22.4 Å². The molecule has 0 fully saturated rings. The van der Waals surface area contributed by atoms with Gasteiger partial charge >= 0.3 is 0 Å². The van der Waals surface area contributed by atoms with Crippen LogP contribution in [-0.2, 0) is 0 Å². The number of aromatic nitrogens is 1. The van der Waals surface area contributed by atoms with Crippen molar-refractivity contribution >= 4 is 33.2 Å². The Balaban J connectivity index is 2.21. The van der Waals surface area contributed by atoms with Gasteiger partial charge < -0.3 is 5.32 Å². The monoisotopic (exact) mass is 342 g/mol. The highest BCUT2D eigenvalue weighted by molar-refractivity contribution is 9.10. The zero-order valence-corrected chi connectivity index (χ0v) is 12.7. The van der Waals surface area contributed by atoms with Crippen molar-refractivity contribution in [3.05, 3.63) is 57.5 Å². The first kappa shape index (κ1) is 14.3. The van der Waals surface area contributed by atoms with Gasteiger partial charge in [-0.2, -0.15) is 0 Å². The minimum absolute atomic E-state index is 0.0329. The van der Waals surface area contributed by atoms with Crippen molar-refractivity contribution in [1.82, 2.24) is 4.98 Å². The molecule has 100 valence electrons. The fraction of sp³-hybridized carbons (Fsp3) is 0.214. The Morgan fingerprint density at radius 3 is 2.84 bits per heavy atom. The molecule has 19 heavy (non-hydrogen) atoms. The molecule has 2 aromatic rings. The SMILES string of the molecule is CCC(Nc1cnc(Cl)c(Br)c1)c1cccc(F)c1. The summed E-state index contributed by atoms with van der Waals surface area (Å²) in [6.07, 6.45) is 2.50. The number of halogens is 3. The number of nitrogens with zero attached hydrogens (tertiary/aromatic N) is 1. The van der Waals surface area contributed by atoms with Gasteiger partial charge in [-0.1, -0.05) is 30.7 Å². The summed E-state index contributed by atoms with van der Waals surface area (Å²) in [6.45, 7) is 2.04. The first-order valence-corrected chi connectivity index (χ1v) is 7.10. The van der Waals surface area contributed by atoms with Crippen LogP contribution in [-0.4, -0.2) is 4.98 Å². The van der Waals surface area contributed by atoms with Crippen LogP contribution in [0.25, 0.3) is 0 Å². The summed E-state index contributed by atoms with van der Waals surface area (Å²) in [4.78, 5) is 4.06. The molecule has 1 heterocycles. The van der Waals surface area contributed by atoms with Gasteiger partial charge in [0.2, 0.25) is 0 Å². The summed E-state index contributed by atoms with van der Waals surface area (Å²) in [5.74, 6) is -0.229. The predicted octanol–water partition coefficient (Wildman–Crippen LogP) is 5.20. The Hall–Kier alpha value is -1.13. The van der Waals surface area contributed by atoms with Crippen molar-refractivity contribution in [2.24, 2.45) is 0 Å². The highest BCUT2D eigenvalue weighted by Crippen LogP contribution is 2.27. The summed E-state index contributed by atoms with van der Waals surface area (Å²) < 4.78 is 14.0. The summed E-state index contributed by atoms with van der Waals surface area (Å²) in [5.41, 5.74) is 1.75. The summed E-state index contributed by atoms with van der Waals surface area (Å²) >= 11 is 9.18. The zero-order valence-electron chi connectivity index (χ0n) is 10.3. The molecule has 2 rings (SSSR count). The maximum Gasteiger partial charge on any atom is 0.143 e. The molecule has 0 aliphatic rings. The van der Waals surface area contributed by atoms with E-state index >= 15 is 0 Å². The number of benzene rings is 1. The van der Waals surface area contributed by atoms with Crippen LogP contribution in [0.3, 0.4) is 0 Å². The van der Waals surface area contributed by atoms with Gasteiger partial charge in [0.15, 0.2) is 0 Å². The first-order chi connectivity index (χ1) is 9.10. The molecule has 0 saturated carbocycles. The number of hydrogen-bond acceptors (Lipinski definition) is 2. The molecule has 1 aromatic carbocycles. The molecular weight excluding hydrogens is 331 g/mol. The molecule has 2 nitrogen and oxygen atoms in total. The zero-order chi connectivity index (χ0) is 13.8. The number of hydrogen-bond donors (Lipinski definition) is 1. The highest BCUT2D eigenvalue weighted by atomic mass is 79.9. The smallest absolute Gasteiger partial charge is 0.143 e. The largest absolute Gasteiger partial charge is 0.377 e. The number of rotatable bonds is 4. The molecule has 0 radical (unpaired) electrons. The maximum absolute atomic E-state index is 13.3. The minimum atomic E-state index is -0.229. The van der Waals surface area contributed by atoms with E-state index in [1.165, 1.54) is 6.07 Å². The molecular formula is C14H13BrClFN2. The van der Waals surface area contributed by atoms with E-state index in [4.69, 9.17) is 11.6 Å². The Labute approximate surface area is 125 Å². The average molecular weight is 344 g/mol. The Morgan fingerprint density at radius 1 is 1.42 bits per heavy atom. The molecule has 1 aromatic heterocycles. The second-order valence-corrected chi connectivity index (χ2v) is 5.37. The molecule has 0 spiro atoms. The van der Waals surface area contributed by atoms with Crippen molar-refractivity contribution in [1.29, 1.82) is 0 Å². The lowest BCUT2D eigenvalue weighted by molar-refractivity contribution is 0.621. The molecule has 1 atom stereocenters. The summed E-state index contributed by atoms with van der Waals surface area (Å²) in [5, 5.41) is 3.74. The molecule has 5 heteroatoms. The molecule has 0 bridgehead atoms. The van der Waals surface area contributed by atoms with E-state index in [2.05, 4.69) is 26.2 Å². The van der Waals surface area contributed by atoms with E-state index in [-0.39, 0.29) is 11.9 Å². The number of nitrogens with one attached hydrogen (secondary N) is 1. The fourth-order valence-electron chi connectivity index (χ4n) is 1.85. The van der Waals surface area contributed by atoms with Crippen molar-refractivity contribution in [3.8, 4) is 0 Å². The van der Waals surface area contributed by atoms with Crippen molar-refractivity contribution < 1.29 is 4.39 Å². The van der Waals surface area contributed by atoms with Crippen molar-refractivity contribution in [2.45, 2.75) is 19.4 Å². The summed E-state index contributed by atoms with van der Waals surface area (Å²) in [6, 6.07) is 8.49. The van der Waals surface area contributed by atoms with E-state index in [0.717, 1.165) is 22.1 Å². The quantitative estimate of drug-likeness (QED) is 0.772. The van der Waals surface area contributed by atoms with E-state index in [1.54, 1.807) is 18.3 Å². The molecule has 0 amide bonds. The molecule has 0 aliphatic carbocycles. The number of anilines is 1. The lowest BCUT2D eigenvalue weighted by atomic mass is 10.0. The van der Waals surface area contributed by atoms with Gasteiger partial charge in [-0.05, 0) is 46.1 Å². The van der Waals surface area contributed by atoms with Crippen molar-refractivity contribution in [2.75, 3.05) is 5.32 Å². The Bertz CT molecular complexity index is 577. The van der Waals surface area contributed by atoms with Crippen LogP contribution >= 0.6 is 27.5 Å². The lowest BCUT2D eigenvalue weighted by Crippen LogP contribution is -2.10. The van der Waals surface area contributed by atoms with Gasteiger partial charge in [0.1, 0.15) is 11.0 Å². The van der Waals surface area contributed by atoms with Gasteiger partial charge in [-0.25, -0.2) is 9.37 Å². The first-order valence-electron chi connectivity index (χ1n) is 5.93.